The molecule has 0 fully saturated rings. The van der Waals surface area contributed by atoms with E-state index in [1.165, 1.54) is 0 Å². The topological polar surface area (TPSA) is 26.2 Å². The van der Waals surface area contributed by atoms with Crippen molar-refractivity contribution in [1.82, 2.24) is 0 Å². The Labute approximate surface area is 160 Å². The maximum Gasteiger partial charge on any atom is 0.385 e. The van der Waals surface area contributed by atoms with Gasteiger partial charge in [-0.2, -0.15) is 4.57 Å². The molecule has 0 spiro atoms. The summed E-state index contributed by atoms with van der Waals surface area (Å²) in [6.45, 7) is 0.533. The van der Waals surface area contributed by atoms with Crippen LogP contribution in [0.15, 0.2) is 77.3 Å². The fourth-order valence-electron chi connectivity index (χ4n) is 2.82. The van der Waals surface area contributed by atoms with Crippen LogP contribution >= 0.6 is 22.6 Å². The molecule has 0 bridgehead atoms. The SMILES string of the molecule is C[n+]1ccc(OCc2ccccc2)c2c(I)c(-c3ccccc3)oc21. The van der Waals surface area contributed by atoms with Gasteiger partial charge in [-0.3, -0.25) is 0 Å². The average molecular weight is 442 g/mol. The summed E-state index contributed by atoms with van der Waals surface area (Å²) in [4.78, 5) is 0. The van der Waals surface area contributed by atoms with E-state index in [2.05, 4.69) is 46.9 Å². The summed E-state index contributed by atoms with van der Waals surface area (Å²) >= 11 is 2.35. The van der Waals surface area contributed by atoms with Crippen LogP contribution in [0, 0.1) is 3.57 Å². The van der Waals surface area contributed by atoms with Gasteiger partial charge in [0, 0.05) is 11.6 Å². The van der Waals surface area contributed by atoms with Crippen molar-refractivity contribution in [3.8, 4) is 17.1 Å². The molecule has 0 aliphatic carbocycles. The molecule has 0 radical (unpaired) electrons. The quantitative estimate of drug-likeness (QED) is 0.325. The normalized spacial score (nSPS) is 11.0. The molecule has 0 unspecified atom stereocenters. The van der Waals surface area contributed by atoms with Crippen molar-refractivity contribution in [2.75, 3.05) is 0 Å². The molecule has 0 aliphatic heterocycles. The number of hydrogen-bond acceptors (Lipinski definition) is 2. The molecule has 25 heavy (non-hydrogen) atoms. The molecule has 2 heterocycles. The van der Waals surface area contributed by atoms with Gasteiger partial charge in [0.2, 0.25) is 0 Å². The zero-order valence-corrected chi connectivity index (χ0v) is 15.9. The molecule has 4 aromatic rings. The van der Waals surface area contributed by atoms with Crippen LogP contribution in [0.1, 0.15) is 5.56 Å². The number of fused-ring (bicyclic) bond motifs is 1. The third-order valence-electron chi connectivity index (χ3n) is 4.12. The van der Waals surface area contributed by atoms with Crippen molar-refractivity contribution in [3.05, 3.63) is 82.1 Å². The molecule has 2 aromatic heterocycles. The smallest absolute Gasteiger partial charge is 0.385 e. The molecule has 0 aliphatic rings. The predicted octanol–water partition coefficient (Wildman–Crippen LogP) is 5.11. The van der Waals surface area contributed by atoms with E-state index < -0.39 is 0 Å². The molecule has 4 heteroatoms. The summed E-state index contributed by atoms with van der Waals surface area (Å²) in [6, 6.07) is 22.3. The lowest BCUT2D eigenvalue weighted by molar-refractivity contribution is -0.651. The van der Waals surface area contributed by atoms with Gasteiger partial charge >= 0.3 is 5.71 Å². The van der Waals surface area contributed by atoms with Crippen LogP contribution in [0.4, 0.5) is 0 Å². The van der Waals surface area contributed by atoms with Crippen molar-refractivity contribution in [2.45, 2.75) is 6.61 Å². The predicted molar refractivity (Wildman–Crippen MR) is 106 cm³/mol. The summed E-state index contributed by atoms with van der Waals surface area (Å²) in [6.07, 6.45) is 1.97. The van der Waals surface area contributed by atoms with E-state index in [9.17, 15) is 0 Å². The Morgan fingerprint density at radius 2 is 1.64 bits per heavy atom. The Hall–Kier alpha value is -2.34. The van der Waals surface area contributed by atoms with Gasteiger partial charge in [-0.05, 0) is 28.2 Å². The van der Waals surface area contributed by atoms with Gasteiger partial charge in [0.1, 0.15) is 24.8 Å². The fourth-order valence-corrected chi connectivity index (χ4v) is 3.74. The Bertz CT molecular complexity index is 1010. The van der Waals surface area contributed by atoms with Gasteiger partial charge in [-0.1, -0.05) is 60.7 Å². The van der Waals surface area contributed by atoms with E-state index in [0.29, 0.717) is 6.61 Å². The van der Waals surface area contributed by atoms with Gasteiger partial charge in [0.15, 0.2) is 12.0 Å². The van der Waals surface area contributed by atoms with Crippen LogP contribution in [0.25, 0.3) is 22.4 Å². The minimum atomic E-state index is 0.533. The number of pyridine rings is 1. The van der Waals surface area contributed by atoms with Crippen molar-refractivity contribution >= 4 is 33.7 Å². The maximum atomic E-state index is 6.18. The number of halogens is 1. The highest BCUT2D eigenvalue weighted by Crippen LogP contribution is 2.37. The van der Waals surface area contributed by atoms with Crippen molar-refractivity contribution in [1.29, 1.82) is 0 Å². The summed E-state index contributed by atoms with van der Waals surface area (Å²) in [7, 11) is 1.98. The van der Waals surface area contributed by atoms with Crippen molar-refractivity contribution in [2.24, 2.45) is 7.05 Å². The molecule has 124 valence electrons. The van der Waals surface area contributed by atoms with E-state index in [1.807, 2.05) is 60.3 Å². The maximum absolute atomic E-state index is 6.18. The fraction of sp³-hybridized carbons (Fsp3) is 0.0952. The lowest BCUT2D eigenvalue weighted by atomic mass is 10.1. The van der Waals surface area contributed by atoms with E-state index in [0.717, 1.165) is 37.3 Å². The second kappa shape index (κ2) is 6.88. The van der Waals surface area contributed by atoms with Gasteiger partial charge < -0.3 is 9.15 Å². The first-order valence-electron chi connectivity index (χ1n) is 8.07. The minimum Gasteiger partial charge on any atom is -0.488 e. The summed E-state index contributed by atoms with van der Waals surface area (Å²) in [5.74, 6) is 1.72. The zero-order valence-electron chi connectivity index (χ0n) is 13.8. The molecule has 4 rings (SSSR count). The molecule has 3 nitrogen and oxygen atoms in total. The monoisotopic (exact) mass is 442 g/mol. The Kier molecular flexibility index (Phi) is 4.44. The molecule has 2 aromatic carbocycles. The van der Waals surface area contributed by atoms with Crippen LogP contribution < -0.4 is 9.30 Å². The minimum absolute atomic E-state index is 0.533. The van der Waals surface area contributed by atoms with Crippen molar-refractivity contribution < 1.29 is 13.7 Å². The molecule has 0 atom stereocenters. The van der Waals surface area contributed by atoms with Crippen LogP contribution in [-0.4, -0.2) is 0 Å². The number of rotatable bonds is 4. The first-order valence-corrected chi connectivity index (χ1v) is 9.14. The standard InChI is InChI=1S/C21H17INO2/c1-23-13-12-17(24-14-15-8-4-2-5-9-15)18-19(22)20(25-21(18)23)16-10-6-3-7-11-16/h2-13H,14H2,1H3/q+1. The lowest BCUT2D eigenvalue weighted by Crippen LogP contribution is -2.27. The number of furan rings is 1. The largest absolute Gasteiger partial charge is 0.488 e. The Balaban J connectivity index is 1.78. The number of nitrogens with zero attached hydrogens (tertiary/aromatic N) is 1. The van der Waals surface area contributed by atoms with Crippen LogP contribution in [0.5, 0.6) is 5.75 Å². The third kappa shape index (κ3) is 3.14. The van der Waals surface area contributed by atoms with Crippen molar-refractivity contribution in [3.63, 3.8) is 0 Å². The third-order valence-corrected chi connectivity index (χ3v) is 5.15. The summed E-state index contributed by atoms with van der Waals surface area (Å²) < 4.78 is 15.3. The second-order valence-electron chi connectivity index (χ2n) is 5.86. The van der Waals surface area contributed by atoms with Gasteiger partial charge in [-0.25, -0.2) is 0 Å². The van der Waals surface area contributed by atoms with Crippen LogP contribution in [0.2, 0.25) is 0 Å². The van der Waals surface area contributed by atoms with Gasteiger partial charge in [0.25, 0.3) is 0 Å². The highest BCUT2D eigenvalue weighted by Gasteiger charge is 2.24. The first kappa shape index (κ1) is 16.1. The number of benzene rings is 2. The molecule has 0 saturated carbocycles. The molecule has 0 amide bonds. The highest BCUT2D eigenvalue weighted by molar-refractivity contribution is 14.1. The highest BCUT2D eigenvalue weighted by atomic mass is 127. The Morgan fingerprint density at radius 3 is 2.36 bits per heavy atom. The molecular formula is C21H17INO2+. The second-order valence-corrected chi connectivity index (χ2v) is 6.94. The zero-order chi connectivity index (χ0) is 17.2. The van der Waals surface area contributed by atoms with E-state index in [-0.39, 0.29) is 0 Å². The van der Waals surface area contributed by atoms with E-state index in [4.69, 9.17) is 9.15 Å². The summed E-state index contributed by atoms with van der Waals surface area (Å²) in [5, 5.41) is 1.01. The van der Waals surface area contributed by atoms with Gasteiger partial charge in [-0.15, -0.1) is 0 Å². The number of aryl methyl sites for hydroxylation is 1. The lowest BCUT2D eigenvalue weighted by Gasteiger charge is -2.06. The molecule has 0 saturated heterocycles. The molecular weight excluding hydrogens is 425 g/mol. The summed E-state index contributed by atoms with van der Waals surface area (Å²) in [5.41, 5.74) is 3.02. The Morgan fingerprint density at radius 1 is 0.960 bits per heavy atom. The van der Waals surface area contributed by atoms with E-state index >= 15 is 0 Å². The number of ether oxygens (including phenoxy) is 1. The first-order chi connectivity index (χ1) is 12.2. The number of aromatic nitrogens is 1. The number of hydrogen-bond donors (Lipinski definition) is 0. The average Bonchev–Trinajstić information content (AvgIpc) is 3.01. The van der Waals surface area contributed by atoms with Crippen LogP contribution in [-0.2, 0) is 13.7 Å². The van der Waals surface area contributed by atoms with Crippen LogP contribution in [0.3, 0.4) is 0 Å². The van der Waals surface area contributed by atoms with Gasteiger partial charge in [0.05, 0.1) is 3.57 Å². The molecule has 0 N–H and O–H groups in total. The van der Waals surface area contributed by atoms with E-state index in [1.54, 1.807) is 0 Å².